The number of carbonyl (C=O) groups is 1. The predicted octanol–water partition coefficient (Wildman–Crippen LogP) is 3.23. The van der Waals surface area contributed by atoms with Gasteiger partial charge in [-0.1, -0.05) is 18.2 Å². The second-order valence-electron chi connectivity index (χ2n) is 6.77. The second-order valence-corrected chi connectivity index (χ2v) is 7.65. The Morgan fingerprint density at radius 2 is 2.04 bits per heavy atom. The van der Waals surface area contributed by atoms with E-state index in [9.17, 15) is 4.79 Å². The number of nitrogens with two attached hydrogens (primary N) is 1. The normalized spacial score (nSPS) is 24.4. The third kappa shape index (κ3) is 2.48. The summed E-state index contributed by atoms with van der Waals surface area (Å²) < 4.78 is 5.99. The fraction of sp³-hybridized carbons (Fsp3) is 0.300. The highest BCUT2D eigenvalue weighted by Crippen LogP contribution is 2.47. The average Bonchev–Trinajstić information content (AvgIpc) is 2.85. The summed E-state index contributed by atoms with van der Waals surface area (Å²) in [6, 6.07) is 14.3. The van der Waals surface area contributed by atoms with Crippen molar-refractivity contribution in [1.29, 1.82) is 0 Å². The van der Waals surface area contributed by atoms with Gasteiger partial charge in [-0.3, -0.25) is 9.69 Å². The molecule has 6 heteroatoms. The van der Waals surface area contributed by atoms with Crippen LogP contribution in [0.2, 0.25) is 0 Å². The molecular formula is C20H21N3O2S. The van der Waals surface area contributed by atoms with Crippen molar-refractivity contribution in [3.8, 4) is 16.9 Å². The van der Waals surface area contributed by atoms with Crippen molar-refractivity contribution >= 4 is 23.6 Å². The molecule has 5 nitrogen and oxygen atoms in total. The topological polar surface area (TPSA) is 67.9 Å². The Bertz CT molecular complexity index is 927. The summed E-state index contributed by atoms with van der Waals surface area (Å²) in [5, 5.41) is 0. The molecule has 134 valence electrons. The maximum Gasteiger partial charge on any atom is 0.261 e. The average molecular weight is 367 g/mol. The van der Waals surface area contributed by atoms with Crippen LogP contribution in [-0.2, 0) is 10.3 Å². The maximum atomic E-state index is 13.0. The van der Waals surface area contributed by atoms with Crippen molar-refractivity contribution in [3.05, 3.63) is 48.0 Å². The summed E-state index contributed by atoms with van der Waals surface area (Å²) in [6.07, 6.45) is 2.43. The first kappa shape index (κ1) is 17.0. The largest absolute Gasteiger partial charge is 0.490 e. The summed E-state index contributed by atoms with van der Waals surface area (Å²) in [4.78, 5) is 20.2. The lowest BCUT2D eigenvalue weighted by atomic mass is 9.81. The Balaban J connectivity index is 1.88. The van der Waals surface area contributed by atoms with Gasteiger partial charge >= 0.3 is 0 Å². The van der Waals surface area contributed by atoms with Crippen LogP contribution in [0.1, 0.15) is 18.9 Å². The molecule has 0 unspecified atom stereocenters. The number of guanidine groups is 1. The molecule has 0 saturated carbocycles. The third-order valence-corrected chi connectivity index (χ3v) is 5.77. The van der Waals surface area contributed by atoms with Gasteiger partial charge in [0.25, 0.3) is 5.91 Å². The molecule has 0 aliphatic carbocycles. The molecular weight excluding hydrogens is 346 g/mol. The van der Waals surface area contributed by atoms with E-state index in [1.54, 1.807) is 18.8 Å². The first-order chi connectivity index (χ1) is 12.4. The lowest BCUT2D eigenvalue weighted by Crippen LogP contribution is -2.45. The summed E-state index contributed by atoms with van der Waals surface area (Å²) in [7, 11) is 1.67. The van der Waals surface area contributed by atoms with Gasteiger partial charge in [0.15, 0.2) is 11.5 Å². The van der Waals surface area contributed by atoms with Gasteiger partial charge in [-0.15, -0.1) is 11.8 Å². The van der Waals surface area contributed by atoms with Gasteiger partial charge in [-0.05, 0) is 48.6 Å². The number of nitrogens with zero attached hydrogens (tertiary/aromatic N) is 2. The van der Waals surface area contributed by atoms with Crippen molar-refractivity contribution in [2.24, 2.45) is 10.7 Å². The quantitative estimate of drug-likeness (QED) is 0.828. The molecule has 0 radical (unpaired) electrons. The Kier molecular flexibility index (Phi) is 3.95. The first-order valence-electron chi connectivity index (χ1n) is 8.54. The summed E-state index contributed by atoms with van der Waals surface area (Å²) >= 11 is 1.70. The van der Waals surface area contributed by atoms with Crippen molar-refractivity contribution in [3.63, 3.8) is 0 Å². The molecule has 2 aliphatic heterocycles. The van der Waals surface area contributed by atoms with Gasteiger partial charge in [0, 0.05) is 23.9 Å². The highest BCUT2D eigenvalue weighted by Gasteiger charge is 2.52. The SMILES string of the molecule is CSc1cccc(-c2ccc3c(c2)[C@]2(C[C@@H](C)O3)N=C(N)N(C)C2=O)c1. The molecule has 2 atom stereocenters. The van der Waals surface area contributed by atoms with E-state index in [2.05, 4.69) is 29.4 Å². The molecule has 2 heterocycles. The van der Waals surface area contributed by atoms with Crippen LogP contribution in [0.3, 0.4) is 0 Å². The zero-order chi connectivity index (χ0) is 18.5. The maximum absolute atomic E-state index is 13.0. The van der Waals surface area contributed by atoms with Gasteiger partial charge in [-0.2, -0.15) is 0 Å². The van der Waals surface area contributed by atoms with E-state index in [-0.39, 0.29) is 18.0 Å². The van der Waals surface area contributed by atoms with Crippen LogP contribution in [-0.4, -0.2) is 36.2 Å². The van der Waals surface area contributed by atoms with Gasteiger partial charge in [0.2, 0.25) is 0 Å². The molecule has 0 saturated heterocycles. The minimum absolute atomic E-state index is 0.0959. The van der Waals surface area contributed by atoms with E-state index >= 15 is 0 Å². The Labute approximate surface area is 157 Å². The molecule has 26 heavy (non-hydrogen) atoms. The number of likely N-dealkylation sites (N-methyl/N-ethyl adjacent to an activating group) is 1. The number of rotatable bonds is 2. The highest BCUT2D eigenvalue weighted by molar-refractivity contribution is 7.98. The van der Waals surface area contributed by atoms with Crippen LogP contribution in [0.25, 0.3) is 11.1 Å². The lowest BCUT2D eigenvalue weighted by Gasteiger charge is -2.35. The van der Waals surface area contributed by atoms with E-state index in [1.165, 1.54) is 9.80 Å². The third-order valence-electron chi connectivity index (χ3n) is 5.05. The van der Waals surface area contributed by atoms with Crippen LogP contribution in [0.5, 0.6) is 5.75 Å². The first-order valence-corrected chi connectivity index (χ1v) is 9.76. The standard InChI is InChI=1S/C20H21N3O2S/c1-12-11-20(18(24)23(2)19(21)22-20)16-10-14(7-8-17(16)25-12)13-5-4-6-15(9-13)26-3/h4-10,12H,11H2,1-3H3,(H2,21,22)/t12-,20+/m1/s1. The molecule has 2 aromatic rings. The zero-order valence-corrected chi connectivity index (χ0v) is 15.8. The fourth-order valence-corrected chi connectivity index (χ4v) is 4.19. The van der Waals surface area contributed by atoms with Crippen molar-refractivity contribution in [2.75, 3.05) is 13.3 Å². The molecule has 0 fully saturated rings. The Hall–Kier alpha value is -2.47. The van der Waals surface area contributed by atoms with E-state index in [4.69, 9.17) is 10.5 Å². The fourth-order valence-electron chi connectivity index (χ4n) is 3.73. The zero-order valence-electron chi connectivity index (χ0n) is 15.0. The number of benzene rings is 2. The predicted molar refractivity (Wildman–Crippen MR) is 104 cm³/mol. The summed E-state index contributed by atoms with van der Waals surface area (Å²) in [5.74, 6) is 0.861. The monoisotopic (exact) mass is 367 g/mol. The van der Waals surface area contributed by atoms with Crippen molar-refractivity contribution in [1.82, 2.24) is 4.90 Å². The molecule has 1 spiro atoms. The van der Waals surface area contributed by atoms with Crippen molar-refractivity contribution in [2.45, 2.75) is 29.9 Å². The number of carbonyl (C=O) groups excluding carboxylic acids is 1. The Morgan fingerprint density at radius 1 is 1.27 bits per heavy atom. The molecule has 2 N–H and O–H groups in total. The van der Waals surface area contributed by atoms with E-state index in [1.807, 2.05) is 31.2 Å². The highest BCUT2D eigenvalue weighted by atomic mass is 32.2. The van der Waals surface area contributed by atoms with Crippen LogP contribution in [0.4, 0.5) is 0 Å². The summed E-state index contributed by atoms with van der Waals surface area (Å²) in [5.41, 5.74) is 7.92. The number of amides is 1. The Morgan fingerprint density at radius 3 is 2.73 bits per heavy atom. The summed E-state index contributed by atoms with van der Waals surface area (Å²) in [6.45, 7) is 1.96. The molecule has 0 aromatic heterocycles. The van der Waals surface area contributed by atoms with Crippen LogP contribution in [0.15, 0.2) is 52.4 Å². The van der Waals surface area contributed by atoms with Crippen LogP contribution >= 0.6 is 11.8 Å². The van der Waals surface area contributed by atoms with E-state index in [0.29, 0.717) is 12.2 Å². The van der Waals surface area contributed by atoms with Crippen LogP contribution in [0, 0.1) is 0 Å². The number of aliphatic imine (C=N–C) groups is 1. The van der Waals surface area contributed by atoms with Crippen LogP contribution < -0.4 is 10.5 Å². The number of ether oxygens (including phenoxy) is 1. The minimum atomic E-state index is -0.987. The lowest BCUT2D eigenvalue weighted by molar-refractivity contribution is -0.132. The molecule has 1 amide bonds. The molecule has 0 bridgehead atoms. The number of hydrogen-bond acceptors (Lipinski definition) is 5. The van der Waals surface area contributed by atoms with Gasteiger partial charge in [0.05, 0.1) is 6.10 Å². The molecule has 4 rings (SSSR count). The number of thioether (sulfide) groups is 1. The molecule has 2 aromatic carbocycles. The number of hydrogen-bond donors (Lipinski definition) is 1. The van der Waals surface area contributed by atoms with Gasteiger partial charge in [-0.25, -0.2) is 4.99 Å². The van der Waals surface area contributed by atoms with Gasteiger partial charge in [0.1, 0.15) is 5.75 Å². The minimum Gasteiger partial charge on any atom is -0.490 e. The number of fused-ring (bicyclic) bond motifs is 2. The second kappa shape index (κ2) is 6.06. The van der Waals surface area contributed by atoms with E-state index in [0.717, 1.165) is 16.7 Å². The van der Waals surface area contributed by atoms with Crippen molar-refractivity contribution < 1.29 is 9.53 Å². The smallest absolute Gasteiger partial charge is 0.261 e. The van der Waals surface area contributed by atoms with E-state index < -0.39 is 5.54 Å². The van der Waals surface area contributed by atoms with Gasteiger partial charge < -0.3 is 10.5 Å². The molecule has 2 aliphatic rings.